The molecule has 0 aromatic heterocycles. The summed E-state index contributed by atoms with van der Waals surface area (Å²) in [7, 11) is 0. The number of hydrogen-bond acceptors (Lipinski definition) is 4. The van der Waals surface area contributed by atoms with Crippen LogP contribution in [0, 0.1) is 5.92 Å². The van der Waals surface area contributed by atoms with E-state index in [0.717, 1.165) is 0 Å². The normalized spacial score (nSPS) is 16.3. The fourth-order valence-corrected chi connectivity index (χ4v) is 2.88. The number of carboxylic acids is 1. The maximum atomic E-state index is 12.1. The molecule has 0 spiro atoms. The van der Waals surface area contributed by atoms with Crippen molar-refractivity contribution >= 4 is 35.1 Å². The Morgan fingerprint density at radius 3 is 2.28 bits per heavy atom. The lowest BCUT2D eigenvalue weighted by Gasteiger charge is -2.35. The Bertz CT molecular complexity index is 627. The molecule has 1 saturated heterocycles. The van der Waals surface area contributed by atoms with Crippen molar-refractivity contribution in [1.82, 2.24) is 9.80 Å². The van der Waals surface area contributed by atoms with Crippen molar-refractivity contribution in [3.63, 3.8) is 0 Å². The van der Waals surface area contributed by atoms with Crippen LogP contribution < -0.4 is 5.32 Å². The quantitative estimate of drug-likeness (QED) is 0.795. The summed E-state index contributed by atoms with van der Waals surface area (Å²) in [5.74, 6) is -2.12. The number of amides is 2. The van der Waals surface area contributed by atoms with Gasteiger partial charge in [0.25, 0.3) is 0 Å². The van der Waals surface area contributed by atoms with Gasteiger partial charge in [-0.15, -0.1) is 0 Å². The van der Waals surface area contributed by atoms with Crippen molar-refractivity contribution in [3.05, 3.63) is 29.3 Å². The van der Waals surface area contributed by atoms with Gasteiger partial charge in [-0.1, -0.05) is 11.6 Å². The average molecular weight is 368 g/mol. The van der Waals surface area contributed by atoms with Crippen molar-refractivity contribution in [2.24, 2.45) is 5.92 Å². The predicted octanol–water partition coefficient (Wildman–Crippen LogP) is 1.53. The molecule has 8 heteroatoms. The van der Waals surface area contributed by atoms with Gasteiger partial charge in [-0.2, -0.15) is 0 Å². The van der Waals surface area contributed by atoms with Gasteiger partial charge in [0.1, 0.15) is 0 Å². The van der Waals surface area contributed by atoms with E-state index >= 15 is 0 Å². The van der Waals surface area contributed by atoms with Gasteiger partial charge in [-0.3, -0.25) is 19.3 Å². The van der Waals surface area contributed by atoms with E-state index in [-0.39, 0.29) is 24.8 Å². The Balaban J connectivity index is 1.86. The molecular weight excluding hydrogens is 346 g/mol. The lowest BCUT2D eigenvalue weighted by molar-refractivity contribution is -0.144. The molecule has 1 aliphatic heterocycles. The summed E-state index contributed by atoms with van der Waals surface area (Å²) in [4.78, 5) is 38.6. The SMILES string of the molecule is CC(=O)N1CCN(C[C@@H](CC(=O)Nc2ccc(Cl)cc2)C(=O)O)CC1. The molecule has 0 bridgehead atoms. The van der Waals surface area contributed by atoms with E-state index in [1.807, 2.05) is 4.90 Å². The lowest BCUT2D eigenvalue weighted by Crippen LogP contribution is -2.50. The van der Waals surface area contributed by atoms with Gasteiger partial charge in [-0.25, -0.2) is 0 Å². The third-order valence-corrected chi connectivity index (χ3v) is 4.46. The highest BCUT2D eigenvalue weighted by Gasteiger charge is 2.26. The molecule has 136 valence electrons. The zero-order valence-electron chi connectivity index (χ0n) is 14.1. The molecule has 0 radical (unpaired) electrons. The number of nitrogens with zero attached hydrogens (tertiary/aromatic N) is 2. The molecule has 7 nitrogen and oxygen atoms in total. The molecule has 1 aromatic carbocycles. The smallest absolute Gasteiger partial charge is 0.308 e. The second kappa shape index (κ2) is 8.82. The molecule has 1 aliphatic rings. The molecule has 2 rings (SSSR count). The van der Waals surface area contributed by atoms with Gasteiger partial charge in [0.15, 0.2) is 0 Å². The van der Waals surface area contributed by atoms with Gasteiger partial charge < -0.3 is 15.3 Å². The number of hydrogen-bond donors (Lipinski definition) is 2. The monoisotopic (exact) mass is 367 g/mol. The summed E-state index contributed by atoms with van der Waals surface area (Å²) in [5, 5.41) is 12.6. The van der Waals surface area contributed by atoms with E-state index in [2.05, 4.69) is 5.32 Å². The predicted molar refractivity (Wildman–Crippen MR) is 94.5 cm³/mol. The number of benzene rings is 1. The highest BCUT2D eigenvalue weighted by Crippen LogP contribution is 2.15. The van der Waals surface area contributed by atoms with E-state index < -0.39 is 11.9 Å². The molecule has 2 amide bonds. The van der Waals surface area contributed by atoms with Crippen molar-refractivity contribution in [2.45, 2.75) is 13.3 Å². The largest absolute Gasteiger partial charge is 0.481 e. The first-order valence-corrected chi connectivity index (χ1v) is 8.49. The fourth-order valence-electron chi connectivity index (χ4n) is 2.76. The van der Waals surface area contributed by atoms with Crippen molar-refractivity contribution < 1.29 is 19.5 Å². The Morgan fingerprint density at radius 2 is 1.76 bits per heavy atom. The molecule has 1 atom stereocenters. The summed E-state index contributed by atoms with van der Waals surface area (Å²) in [5.41, 5.74) is 0.577. The molecule has 1 fully saturated rings. The fraction of sp³-hybridized carbons (Fsp3) is 0.471. The summed E-state index contributed by atoms with van der Waals surface area (Å²) in [6.07, 6.45) is -0.106. The number of anilines is 1. The van der Waals surface area contributed by atoms with Crippen molar-refractivity contribution in [1.29, 1.82) is 0 Å². The Hall–Kier alpha value is -2.12. The van der Waals surface area contributed by atoms with Crippen LogP contribution in [-0.2, 0) is 14.4 Å². The molecule has 25 heavy (non-hydrogen) atoms. The number of rotatable bonds is 6. The molecule has 1 heterocycles. The van der Waals surface area contributed by atoms with Crippen LogP contribution in [0.5, 0.6) is 0 Å². The minimum absolute atomic E-state index is 0.0248. The Kier molecular flexibility index (Phi) is 6.78. The minimum Gasteiger partial charge on any atom is -0.481 e. The van der Waals surface area contributed by atoms with Gasteiger partial charge in [-0.05, 0) is 24.3 Å². The van der Waals surface area contributed by atoms with E-state index in [1.165, 1.54) is 6.92 Å². The van der Waals surface area contributed by atoms with Crippen LogP contribution in [0.2, 0.25) is 5.02 Å². The second-order valence-corrected chi connectivity index (χ2v) is 6.54. The van der Waals surface area contributed by atoms with Crippen LogP contribution in [0.4, 0.5) is 5.69 Å². The first kappa shape index (κ1) is 19.2. The van der Waals surface area contributed by atoms with E-state index in [0.29, 0.717) is 36.9 Å². The Labute approximate surface area is 151 Å². The number of carbonyl (C=O) groups excluding carboxylic acids is 2. The van der Waals surface area contributed by atoms with Gasteiger partial charge in [0.05, 0.1) is 5.92 Å². The van der Waals surface area contributed by atoms with Crippen LogP contribution in [0.1, 0.15) is 13.3 Å². The Morgan fingerprint density at radius 1 is 1.16 bits per heavy atom. The van der Waals surface area contributed by atoms with Crippen LogP contribution >= 0.6 is 11.6 Å². The molecule has 1 aromatic rings. The zero-order valence-corrected chi connectivity index (χ0v) is 14.8. The topological polar surface area (TPSA) is 90.0 Å². The summed E-state index contributed by atoms with van der Waals surface area (Å²) in [6.45, 7) is 4.20. The summed E-state index contributed by atoms with van der Waals surface area (Å²) in [6, 6.07) is 6.63. The number of carboxylic acid groups (broad SMARTS) is 1. The standard InChI is InChI=1S/C17H22ClN3O4/c1-12(22)21-8-6-20(7-9-21)11-13(17(24)25)10-16(23)19-15-4-2-14(18)3-5-15/h2-5,13H,6-11H2,1H3,(H,19,23)(H,24,25)/t13-/m1/s1. The summed E-state index contributed by atoms with van der Waals surface area (Å²) < 4.78 is 0. The average Bonchev–Trinajstić information content (AvgIpc) is 2.56. The first-order valence-electron chi connectivity index (χ1n) is 8.11. The molecule has 0 saturated carbocycles. The van der Waals surface area contributed by atoms with Crippen molar-refractivity contribution in [2.75, 3.05) is 38.0 Å². The number of piperazine rings is 1. The van der Waals surface area contributed by atoms with Gasteiger partial charge in [0.2, 0.25) is 11.8 Å². The van der Waals surface area contributed by atoms with Crippen molar-refractivity contribution in [3.8, 4) is 0 Å². The molecule has 0 aliphatic carbocycles. The van der Waals surface area contributed by atoms with E-state index in [4.69, 9.17) is 11.6 Å². The van der Waals surface area contributed by atoms with Gasteiger partial charge >= 0.3 is 5.97 Å². The maximum Gasteiger partial charge on any atom is 0.308 e. The van der Waals surface area contributed by atoms with Crippen LogP contribution in [0.15, 0.2) is 24.3 Å². The number of nitrogens with one attached hydrogen (secondary N) is 1. The van der Waals surface area contributed by atoms with E-state index in [9.17, 15) is 19.5 Å². The van der Waals surface area contributed by atoms with Crippen LogP contribution in [0.25, 0.3) is 0 Å². The van der Waals surface area contributed by atoms with E-state index in [1.54, 1.807) is 29.2 Å². The lowest BCUT2D eigenvalue weighted by atomic mass is 10.0. The molecular formula is C17H22ClN3O4. The first-order chi connectivity index (χ1) is 11.8. The highest BCUT2D eigenvalue weighted by atomic mass is 35.5. The number of carbonyl (C=O) groups is 3. The van der Waals surface area contributed by atoms with Crippen LogP contribution in [-0.4, -0.2) is 65.4 Å². The third kappa shape index (κ3) is 6.03. The highest BCUT2D eigenvalue weighted by molar-refractivity contribution is 6.30. The summed E-state index contributed by atoms with van der Waals surface area (Å²) >= 11 is 5.79. The zero-order chi connectivity index (χ0) is 18.4. The molecule has 2 N–H and O–H groups in total. The number of halogens is 1. The number of aliphatic carboxylic acids is 1. The minimum atomic E-state index is -1.000. The maximum absolute atomic E-state index is 12.1. The van der Waals surface area contributed by atoms with Crippen LogP contribution in [0.3, 0.4) is 0 Å². The third-order valence-electron chi connectivity index (χ3n) is 4.21. The van der Waals surface area contributed by atoms with Gasteiger partial charge in [0, 0.05) is 56.8 Å². The molecule has 0 unspecified atom stereocenters. The second-order valence-electron chi connectivity index (χ2n) is 6.10.